The molecule has 0 atom stereocenters. The van der Waals surface area contributed by atoms with Crippen molar-refractivity contribution in [1.29, 1.82) is 0 Å². The largest absolute Gasteiger partial charge is 0.506 e. The molecule has 1 aromatic rings. The third-order valence-electron chi connectivity index (χ3n) is 1.40. The zero-order valence-electron chi connectivity index (χ0n) is 6.79. The number of halogens is 2. The summed E-state index contributed by atoms with van der Waals surface area (Å²) < 4.78 is 0. The van der Waals surface area contributed by atoms with Crippen LogP contribution in [0.3, 0.4) is 0 Å². The lowest BCUT2D eigenvalue weighted by molar-refractivity contribution is 0.215. The van der Waals surface area contributed by atoms with Crippen molar-refractivity contribution in [2.75, 3.05) is 7.11 Å². The summed E-state index contributed by atoms with van der Waals surface area (Å²) in [6.45, 7) is 0. The average molecular weight is 220 g/mol. The molecule has 0 saturated heterocycles. The minimum Gasteiger partial charge on any atom is -0.506 e. The van der Waals surface area contributed by atoms with Crippen molar-refractivity contribution < 1.29 is 9.94 Å². The summed E-state index contributed by atoms with van der Waals surface area (Å²) in [7, 11) is 1.41. The third kappa shape index (κ3) is 2.26. The summed E-state index contributed by atoms with van der Waals surface area (Å²) in [4.78, 5) is 4.45. The van der Waals surface area contributed by atoms with Gasteiger partial charge in [-0.15, -0.1) is 0 Å². The van der Waals surface area contributed by atoms with Gasteiger partial charge in [0.15, 0.2) is 0 Å². The summed E-state index contributed by atoms with van der Waals surface area (Å²) in [6, 6.07) is 3.16. The first kappa shape index (κ1) is 10.2. The quantitative estimate of drug-likeness (QED) is 0.614. The molecule has 1 aromatic carbocycles. The van der Waals surface area contributed by atoms with Gasteiger partial charge in [0, 0.05) is 5.56 Å². The minimum atomic E-state index is -0.102. The maximum Gasteiger partial charge on any atom is 0.144 e. The van der Waals surface area contributed by atoms with Crippen LogP contribution in [0.1, 0.15) is 5.56 Å². The maximum atomic E-state index is 9.44. The van der Waals surface area contributed by atoms with Gasteiger partial charge < -0.3 is 9.94 Å². The summed E-state index contributed by atoms with van der Waals surface area (Å²) >= 11 is 11.3. The molecule has 0 amide bonds. The van der Waals surface area contributed by atoms with Gasteiger partial charge in [-0.05, 0) is 12.1 Å². The number of aromatic hydroxyl groups is 1. The number of hydrogen-bond donors (Lipinski definition) is 1. The van der Waals surface area contributed by atoms with Crippen molar-refractivity contribution >= 4 is 29.4 Å². The van der Waals surface area contributed by atoms with Gasteiger partial charge >= 0.3 is 0 Å². The molecule has 5 heteroatoms. The Labute approximate surface area is 85.5 Å². The Morgan fingerprint density at radius 1 is 1.46 bits per heavy atom. The van der Waals surface area contributed by atoms with Crippen LogP contribution in [-0.2, 0) is 4.84 Å². The Balaban J connectivity index is 3.11. The first-order valence-electron chi connectivity index (χ1n) is 3.40. The van der Waals surface area contributed by atoms with Crippen molar-refractivity contribution in [2.45, 2.75) is 0 Å². The summed E-state index contributed by atoms with van der Waals surface area (Å²) in [5.41, 5.74) is 0.455. The topological polar surface area (TPSA) is 41.8 Å². The first-order chi connectivity index (χ1) is 6.16. The van der Waals surface area contributed by atoms with E-state index in [0.717, 1.165) is 0 Å². The minimum absolute atomic E-state index is 0.102. The zero-order valence-corrected chi connectivity index (χ0v) is 8.30. The van der Waals surface area contributed by atoms with Crippen LogP contribution < -0.4 is 0 Å². The van der Waals surface area contributed by atoms with Crippen LogP contribution in [0.25, 0.3) is 0 Å². The van der Waals surface area contributed by atoms with E-state index in [0.29, 0.717) is 10.6 Å². The van der Waals surface area contributed by atoms with E-state index in [1.165, 1.54) is 13.3 Å². The molecule has 70 valence electrons. The molecule has 0 saturated carbocycles. The van der Waals surface area contributed by atoms with Crippen LogP contribution in [-0.4, -0.2) is 18.4 Å². The number of nitrogens with zero attached hydrogens (tertiary/aromatic N) is 1. The zero-order chi connectivity index (χ0) is 9.84. The highest BCUT2D eigenvalue weighted by atomic mass is 35.5. The van der Waals surface area contributed by atoms with E-state index in [2.05, 4.69) is 9.99 Å². The Morgan fingerprint density at radius 3 is 2.77 bits per heavy atom. The van der Waals surface area contributed by atoms with Crippen LogP contribution in [0.2, 0.25) is 10.0 Å². The number of phenols is 1. The molecule has 0 aromatic heterocycles. The molecule has 0 spiro atoms. The lowest BCUT2D eigenvalue weighted by Crippen LogP contribution is -1.84. The highest BCUT2D eigenvalue weighted by Gasteiger charge is 2.07. The normalized spacial score (nSPS) is 10.7. The molecule has 0 aliphatic heterocycles. The molecule has 1 N–H and O–H groups in total. The molecule has 13 heavy (non-hydrogen) atoms. The first-order valence-corrected chi connectivity index (χ1v) is 4.16. The van der Waals surface area contributed by atoms with Crippen molar-refractivity contribution in [3.63, 3.8) is 0 Å². The van der Waals surface area contributed by atoms with Crippen LogP contribution in [0.4, 0.5) is 0 Å². The van der Waals surface area contributed by atoms with E-state index in [4.69, 9.17) is 23.2 Å². The van der Waals surface area contributed by atoms with Crippen molar-refractivity contribution in [3.05, 3.63) is 27.7 Å². The van der Waals surface area contributed by atoms with Gasteiger partial charge in [-0.25, -0.2) is 0 Å². The second kappa shape index (κ2) is 4.35. The van der Waals surface area contributed by atoms with Gasteiger partial charge in [-0.2, -0.15) is 0 Å². The maximum absolute atomic E-state index is 9.44. The molecular weight excluding hydrogens is 213 g/mol. The molecule has 0 radical (unpaired) electrons. The van der Waals surface area contributed by atoms with Gasteiger partial charge in [-0.3, -0.25) is 0 Å². The van der Waals surface area contributed by atoms with E-state index in [1.54, 1.807) is 12.1 Å². The van der Waals surface area contributed by atoms with Gasteiger partial charge in [0.05, 0.1) is 11.2 Å². The second-order valence-electron chi connectivity index (χ2n) is 2.22. The number of benzene rings is 1. The molecule has 0 heterocycles. The van der Waals surface area contributed by atoms with Crippen molar-refractivity contribution in [1.82, 2.24) is 0 Å². The number of oxime groups is 1. The van der Waals surface area contributed by atoms with Gasteiger partial charge in [0.2, 0.25) is 0 Å². The Morgan fingerprint density at radius 2 is 2.15 bits per heavy atom. The van der Waals surface area contributed by atoms with E-state index in [-0.39, 0.29) is 10.8 Å². The smallest absolute Gasteiger partial charge is 0.144 e. The summed E-state index contributed by atoms with van der Waals surface area (Å²) in [5, 5.41) is 13.3. The molecule has 0 aliphatic carbocycles. The highest BCUT2D eigenvalue weighted by molar-refractivity contribution is 6.43. The van der Waals surface area contributed by atoms with E-state index in [1.807, 2.05) is 0 Å². The fourth-order valence-electron chi connectivity index (χ4n) is 0.769. The highest BCUT2D eigenvalue weighted by Crippen LogP contribution is 2.33. The fourth-order valence-corrected chi connectivity index (χ4v) is 1.09. The standard InChI is InChI=1S/C8H7Cl2NO2/c1-13-11-4-5-2-3-6(9)7(10)8(5)12/h2-4,12H,1H3/b11-4+. The van der Waals surface area contributed by atoms with E-state index < -0.39 is 0 Å². The van der Waals surface area contributed by atoms with Crippen LogP contribution in [0.15, 0.2) is 17.3 Å². The second-order valence-corrected chi connectivity index (χ2v) is 3.00. The average Bonchev–Trinajstić information content (AvgIpc) is 2.13. The van der Waals surface area contributed by atoms with Crippen LogP contribution in [0.5, 0.6) is 5.75 Å². The summed E-state index contributed by atoms with van der Waals surface area (Å²) in [6.07, 6.45) is 1.34. The van der Waals surface area contributed by atoms with Crippen LogP contribution in [0, 0.1) is 0 Å². The summed E-state index contributed by atoms with van der Waals surface area (Å²) in [5.74, 6) is -0.102. The Kier molecular flexibility index (Phi) is 3.39. The van der Waals surface area contributed by atoms with E-state index >= 15 is 0 Å². The third-order valence-corrected chi connectivity index (χ3v) is 2.19. The van der Waals surface area contributed by atoms with Gasteiger partial charge in [0.1, 0.15) is 17.9 Å². The molecule has 1 rings (SSSR count). The predicted octanol–water partition coefficient (Wildman–Crippen LogP) is 2.68. The molecule has 0 fully saturated rings. The molecule has 0 unspecified atom stereocenters. The van der Waals surface area contributed by atoms with Gasteiger partial charge in [0.25, 0.3) is 0 Å². The van der Waals surface area contributed by atoms with Gasteiger partial charge in [-0.1, -0.05) is 28.4 Å². The van der Waals surface area contributed by atoms with Crippen molar-refractivity contribution in [2.24, 2.45) is 5.16 Å². The van der Waals surface area contributed by atoms with Crippen molar-refractivity contribution in [3.8, 4) is 5.75 Å². The predicted molar refractivity (Wildman–Crippen MR) is 52.7 cm³/mol. The monoisotopic (exact) mass is 219 g/mol. The lowest BCUT2D eigenvalue weighted by atomic mass is 10.2. The number of phenolic OH excluding ortho intramolecular Hbond substituents is 1. The molecule has 3 nitrogen and oxygen atoms in total. The Hall–Kier alpha value is -0.930. The molecule has 0 bridgehead atoms. The molecular formula is C8H7Cl2NO2. The van der Waals surface area contributed by atoms with Crippen LogP contribution >= 0.6 is 23.2 Å². The number of rotatable bonds is 2. The fraction of sp³-hybridized carbons (Fsp3) is 0.125. The number of hydrogen-bond acceptors (Lipinski definition) is 3. The van der Waals surface area contributed by atoms with E-state index in [9.17, 15) is 5.11 Å². The molecule has 0 aliphatic rings. The Bertz CT molecular complexity index is 339. The SMILES string of the molecule is CO/N=C/c1ccc(Cl)c(Cl)c1O. The lowest BCUT2D eigenvalue weighted by Gasteiger charge is -2.01.